The van der Waals surface area contributed by atoms with Gasteiger partial charge in [0.2, 0.25) is 0 Å². The number of halogens is 1. The van der Waals surface area contributed by atoms with Crippen molar-refractivity contribution in [1.82, 2.24) is 10.2 Å². The Bertz CT molecular complexity index is 451. The summed E-state index contributed by atoms with van der Waals surface area (Å²) in [7, 11) is 1.96. The lowest BCUT2D eigenvalue weighted by molar-refractivity contribution is -0.135. The van der Waals surface area contributed by atoms with Crippen LogP contribution in [0.15, 0.2) is 28.7 Å². The van der Waals surface area contributed by atoms with Gasteiger partial charge in [-0.1, -0.05) is 22.0 Å². The van der Waals surface area contributed by atoms with Crippen molar-refractivity contribution in [1.29, 1.82) is 0 Å². The number of nitrogens with zero attached hydrogens (tertiary/aromatic N) is 1. The number of nitrogens with one attached hydrogen (secondary N) is 1. The molecule has 4 nitrogen and oxygen atoms in total. The zero-order chi connectivity index (χ0) is 14.4. The highest BCUT2D eigenvalue weighted by Crippen LogP contribution is 2.19. The van der Waals surface area contributed by atoms with Gasteiger partial charge in [-0.05, 0) is 50.6 Å². The lowest BCUT2D eigenvalue weighted by atomic mass is 9.98. The Kier molecular flexibility index (Phi) is 5.86. The molecular formula is C15H21BrN2O2. The number of ether oxygens (including phenoxy) is 1. The molecule has 1 N–H and O–H groups in total. The maximum absolute atomic E-state index is 12.2. The molecule has 0 aromatic heterocycles. The molecule has 1 aromatic rings. The van der Waals surface area contributed by atoms with Crippen LogP contribution in [0, 0.1) is 5.92 Å². The minimum Gasteiger partial charge on any atom is -0.484 e. The third-order valence-corrected chi connectivity index (χ3v) is 4.02. The number of amides is 1. The molecule has 1 aliphatic heterocycles. The van der Waals surface area contributed by atoms with Crippen molar-refractivity contribution in [2.24, 2.45) is 5.92 Å². The molecule has 2 rings (SSSR count). The Hall–Kier alpha value is -1.07. The summed E-state index contributed by atoms with van der Waals surface area (Å²) in [6, 6.07) is 7.56. The quantitative estimate of drug-likeness (QED) is 0.894. The Labute approximate surface area is 128 Å². The molecule has 1 aromatic carbocycles. The van der Waals surface area contributed by atoms with E-state index in [0.29, 0.717) is 5.92 Å². The first-order valence-corrected chi connectivity index (χ1v) is 7.79. The molecule has 1 heterocycles. The van der Waals surface area contributed by atoms with Crippen LogP contribution in [0.1, 0.15) is 12.8 Å². The Morgan fingerprint density at radius 2 is 2.40 bits per heavy atom. The van der Waals surface area contributed by atoms with E-state index in [1.54, 1.807) is 0 Å². The van der Waals surface area contributed by atoms with Crippen LogP contribution in [-0.4, -0.2) is 44.1 Å². The first kappa shape index (κ1) is 15.3. The van der Waals surface area contributed by atoms with Gasteiger partial charge in [0.05, 0.1) is 0 Å². The van der Waals surface area contributed by atoms with Gasteiger partial charge in [0.25, 0.3) is 5.91 Å². The predicted molar refractivity (Wildman–Crippen MR) is 82.9 cm³/mol. The molecule has 1 amide bonds. The molecule has 1 unspecified atom stereocenters. The van der Waals surface area contributed by atoms with E-state index in [1.807, 2.05) is 36.2 Å². The molecule has 0 radical (unpaired) electrons. The predicted octanol–water partition coefficient (Wildman–Crippen LogP) is 2.29. The molecule has 5 heteroatoms. The fourth-order valence-corrected chi connectivity index (χ4v) is 2.92. The van der Waals surface area contributed by atoms with Crippen LogP contribution in [0.3, 0.4) is 0 Å². The minimum absolute atomic E-state index is 0.0748. The summed E-state index contributed by atoms with van der Waals surface area (Å²) in [6.45, 7) is 2.77. The Balaban J connectivity index is 1.82. The summed E-state index contributed by atoms with van der Waals surface area (Å²) >= 11 is 3.39. The van der Waals surface area contributed by atoms with Crippen molar-refractivity contribution < 1.29 is 9.53 Å². The summed E-state index contributed by atoms with van der Waals surface area (Å²) in [5, 5.41) is 3.19. The van der Waals surface area contributed by atoms with Crippen LogP contribution in [0.4, 0.5) is 0 Å². The van der Waals surface area contributed by atoms with E-state index < -0.39 is 0 Å². The Morgan fingerprint density at radius 3 is 3.15 bits per heavy atom. The summed E-state index contributed by atoms with van der Waals surface area (Å²) < 4.78 is 6.51. The average Bonchev–Trinajstić information content (AvgIpc) is 2.45. The molecular weight excluding hydrogens is 320 g/mol. The van der Waals surface area contributed by atoms with Crippen molar-refractivity contribution in [2.75, 3.05) is 33.3 Å². The Morgan fingerprint density at radius 1 is 1.55 bits per heavy atom. The van der Waals surface area contributed by atoms with E-state index in [9.17, 15) is 4.79 Å². The maximum Gasteiger partial charge on any atom is 0.260 e. The smallest absolute Gasteiger partial charge is 0.260 e. The van der Waals surface area contributed by atoms with Gasteiger partial charge in [0, 0.05) is 17.6 Å². The van der Waals surface area contributed by atoms with E-state index in [4.69, 9.17) is 4.74 Å². The first-order valence-electron chi connectivity index (χ1n) is 7.00. The van der Waals surface area contributed by atoms with Crippen molar-refractivity contribution in [3.05, 3.63) is 28.7 Å². The third kappa shape index (κ3) is 4.49. The summed E-state index contributed by atoms with van der Waals surface area (Å²) in [5.41, 5.74) is 0. The average molecular weight is 341 g/mol. The SMILES string of the molecule is CNCC1CCCN(C(=O)COc2cccc(Br)c2)C1. The largest absolute Gasteiger partial charge is 0.484 e. The highest BCUT2D eigenvalue weighted by Gasteiger charge is 2.23. The van der Waals surface area contributed by atoms with Gasteiger partial charge in [0.15, 0.2) is 6.61 Å². The van der Waals surface area contributed by atoms with Crippen molar-refractivity contribution in [2.45, 2.75) is 12.8 Å². The first-order chi connectivity index (χ1) is 9.69. The van der Waals surface area contributed by atoms with Gasteiger partial charge in [-0.15, -0.1) is 0 Å². The summed E-state index contributed by atoms with van der Waals surface area (Å²) in [5.74, 6) is 1.35. The molecule has 1 saturated heterocycles. The molecule has 0 spiro atoms. The van der Waals surface area contributed by atoms with Crippen LogP contribution in [-0.2, 0) is 4.79 Å². The third-order valence-electron chi connectivity index (χ3n) is 3.52. The minimum atomic E-state index is 0.0748. The number of rotatable bonds is 5. The number of likely N-dealkylation sites (tertiary alicyclic amines) is 1. The van der Waals surface area contributed by atoms with Gasteiger partial charge in [-0.2, -0.15) is 0 Å². The zero-order valence-electron chi connectivity index (χ0n) is 11.8. The van der Waals surface area contributed by atoms with Gasteiger partial charge in [-0.25, -0.2) is 0 Å². The lowest BCUT2D eigenvalue weighted by Gasteiger charge is -2.32. The molecule has 0 aliphatic carbocycles. The van der Waals surface area contributed by atoms with Crippen molar-refractivity contribution in [3.63, 3.8) is 0 Å². The van der Waals surface area contributed by atoms with E-state index >= 15 is 0 Å². The lowest BCUT2D eigenvalue weighted by Crippen LogP contribution is -2.44. The number of hydrogen-bond donors (Lipinski definition) is 1. The van der Waals surface area contributed by atoms with Crippen LogP contribution in [0.2, 0.25) is 0 Å². The second-order valence-electron chi connectivity index (χ2n) is 5.15. The van der Waals surface area contributed by atoms with E-state index in [2.05, 4.69) is 21.2 Å². The standard InChI is InChI=1S/C15H21BrN2O2/c1-17-9-12-4-3-7-18(10-12)15(19)11-20-14-6-2-5-13(16)8-14/h2,5-6,8,12,17H,3-4,7,9-11H2,1H3. The van der Waals surface area contributed by atoms with E-state index in [0.717, 1.165) is 36.3 Å². The van der Waals surface area contributed by atoms with Crippen LogP contribution < -0.4 is 10.1 Å². The topological polar surface area (TPSA) is 41.6 Å². The zero-order valence-corrected chi connectivity index (χ0v) is 13.4. The second kappa shape index (κ2) is 7.64. The molecule has 20 heavy (non-hydrogen) atoms. The molecule has 0 saturated carbocycles. The number of carbonyl (C=O) groups excluding carboxylic acids is 1. The maximum atomic E-state index is 12.2. The van der Waals surface area contributed by atoms with Gasteiger partial charge in [0.1, 0.15) is 5.75 Å². The van der Waals surface area contributed by atoms with Gasteiger partial charge in [-0.3, -0.25) is 4.79 Å². The molecule has 1 fully saturated rings. The molecule has 110 valence electrons. The monoisotopic (exact) mass is 340 g/mol. The van der Waals surface area contributed by atoms with E-state index in [-0.39, 0.29) is 12.5 Å². The van der Waals surface area contributed by atoms with Crippen LogP contribution in [0.25, 0.3) is 0 Å². The van der Waals surface area contributed by atoms with Crippen molar-refractivity contribution >= 4 is 21.8 Å². The van der Waals surface area contributed by atoms with Gasteiger partial charge >= 0.3 is 0 Å². The highest BCUT2D eigenvalue weighted by atomic mass is 79.9. The number of piperidine rings is 1. The van der Waals surface area contributed by atoms with E-state index in [1.165, 1.54) is 6.42 Å². The fraction of sp³-hybridized carbons (Fsp3) is 0.533. The molecule has 1 aliphatic rings. The normalized spacial score (nSPS) is 18.9. The number of hydrogen-bond acceptors (Lipinski definition) is 3. The molecule has 0 bridgehead atoms. The molecule has 1 atom stereocenters. The van der Waals surface area contributed by atoms with Crippen LogP contribution >= 0.6 is 15.9 Å². The van der Waals surface area contributed by atoms with Crippen LogP contribution in [0.5, 0.6) is 5.75 Å². The fourth-order valence-electron chi connectivity index (χ4n) is 2.54. The summed E-state index contributed by atoms with van der Waals surface area (Å²) in [4.78, 5) is 14.1. The number of carbonyl (C=O) groups is 1. The highest BCUT2D eigenvalue weighted by molar-refractivity contribution is 9.10. The second-order valence-corrected chi connectivity index (χ2v) is 6.07. The van der Waals surface area contributed by atoms with Gasteiger partial charge < -0.3 is 15.0 Å². The van der Waals surface area contributed by atoms with Crippen molar-refractivity contribution in [3.8, 4) is 5.75 Å². The summed E-state index contributed by atoms with van der Waals surface area (Å²) in [6.07, 6.45) is 2.27. The number of benzene rings is 1.